The Bertz CT molecular complexity index is 319. The van der Waals surface area contributed by atoms with Gasteiger partial charge in [-0.25, -0.2) is 0 Å². The quantitative estimate of drug-likeness (QED) is 0.858. The Labute approximate surface area is 97.4 Å². The predicted octanol–water partition coefficient (Wildman–Crippen LogP) is 2.39. The minimum Gasteiger partial charge on any atom is -0.463 e. The third-order valence-electron chi connectivity index (χ3n) is 2.62. The lowest BCUT2D eigenvalue weighted by molar-refractivity contribution is 0.234. The minimum atomic E-state index is 0.369. The van der Waals surface area contributed by atoms with E-state index >= 15 is 0 Å². The number of nitrogens with two attached hydrogens (primary N) is 1. The van der Waals surface area contributed by atoms with Crippen molar-refractivity contribution in [2.24, 2.45) is 5.92 Å². The lowest BCUT2D eigenvalue weighted by Gasteiger charge is -2.09. The zero-order valence-electron chi connectivity index (χ0n) is 8.45. The van der Waals surface area contributed by atoms with Gasteiger partial charge in [0.05, 0.1) is 6.61 Å². The van der Waals surface area contributed by atoms with Crippen LogP contribution in [-0.4, -0.2) is 16.6 Å². The van der Waals surface area contributed by atoms with Crippen LogP contribution in [0.25, 0.3) is 0 Å². The molecule has 2 N–H and O–H groups in total. The van der Waals surface area contributed by atoms with Crippen LogP contribution in [-0.2, 0) is 0 Å². The van der Waals surface area contributed by atoms with Gasteiger partial charge in [0.1, 0.15) is 10.4 Å². The number of halogens is 1. The van der Waals surface area contributed by atoms with Crippen molar-refractivity contribution in [3.05, 3.63) is 10.7 Å². The van der Waals surface area contributed by atoms with Gasteiger partial charge in [0, 0.05) is 6.07 Å². The zero-order valence-corrected chi connectivity index (χ0v) is 10.0. The van der Waals surface area contributed by atoms with Crippen molar-refractivity contribution < 1.29 is 4.74 Å². The van der Waals surface area contributed by atoms with Gasteiger partial charge in [0.25, 0.3) is 0 Å². The summed E-state index contributed by atoms with van der Waals surface area (Å²) >= 11 is 3.26. The molecule has 0 amide bonds. The van der Waals surface area contributed by atoms with E-state index in [0.29, 0.717) is 29.0 Å². The molecule has 0 atom stereocenters. The first-order valence-electron chi connectivity index (χ1n) is 5.17. The van der Waals surface area contributed by atoms with E-state index in [0.717, 1.165) is 0 Å². The average molecular weight is 272 g/mol. The van der Waals surface area contributed by atoms with Gasteiger partial charge in [-0.3, -0.25) is 0 Å². The number of anilines is 1. The molecule has 4 nitrogen and oxygen atoms in total. The Balaban J connectivity index is 1.92. The Morgan fingerprint density at radius 3 is 2.80 bits per heavy atom. The largest absolute Gasteiger partial charge is 0.463 e. The lowest BCUT2D eigenvalue weighted by Crippen LogP contribution is -2.10. The summed E-state index contributed by atoms with van der Waals surface area (Å²) in [5.41, 5.74) is 5.58. The molecule has 0 spiro atoms. The number of nitrogens with zero attached hydrogens (tertiary/aromatic N) is 2. The average Bonchev–Trinajstić information content (AvgIpc) is 2.65. The van der Waals surface area contributed by atoms with E-state index in [-0.39, 0.29) is 0 Å². The van der Waals surface area contributed by atoms with Gasteiger partial charge in [-0.1, -0.05) is 12.8 Å². The summed E-state index contributed by atoms with van der Waals surface area (Å²) in [4.78, 5) is 8.11. The second-order valence-electron chi connectivity index (χ2n) is 3.86. The van der Waals surface area contributed by atoms with Crippen LogP contribution in [0.1, 0.15) is 25.7 Å². The fraction of sp³-hybridized carbons (Fsp3) is 0.600. The van der Waals surface area contributed by atoms with Crippen LogP contribution >= 0.6 is 15.9 Å². The normalized spacial score (nSPS) is 16.9. The highest BCUT2D eigenvalue weighted by Crippen LogP contribution is 2.25. The van der Waals surface area contributed by atoms with Gasteiger partial charge in [0.15, 0.2) is 0 Å². The highest BCUT2D eigenvalue weighted by molar-refractivity contribution is 9.10. The van der Waals surface area contributed by atoms with Crippen molar-refractivity contribution in [1.29, 1.82) is 0 Å². The topological polar surface area (TPSA) is 61.0 Å². The SMILES string of the molecule is Nc1cc(Br)nc(OCC2CCCC2)n1. The van der Waals surface area contributed by atoms with E-state index < -0.39 is 0 Å². The second kappa shape index (κ2) is 4.79. The molecule has 1 aliphatic rings. The highest BCUT2D eigenvalue weighted by Gasteiger charge is 2.16. The molecule has 1 aliphatic carbocycles. The first-order chi connectivity index (χ1) is 7.24. The van der Waals surface area contributed by atoms with Crippen LogP contribution in [0, 0.1) is 5.92 Å². The number of rotatable bonds is 3. The minimum absolute atomic E-state index is 0.369. The third-order valence-corrected chi connectivity index (χ3v) is 3.02. The van der Waals surface area contributed by atoms with Crippen molar-refractivity contribution >= 4 is 21.7 Å². The van der Waals surface area contributed by atoms with E-state index in [4.69, 9.17) is 10.5 Å². The molecule has 5 heteroatoms. The summed E-state index contributed by atoms with van der Waals surface area (Å²) in [5, 5.41) is 0. The molecule has 1 aromatic heterocycles. The molecule has 0 unspecified atom stereocenters. The molecule has 1 fully saturated rings. The highest BCUT2D eigenvalue weighted by atomic mass is 79.9. The maximum absolute atomic E-state index is 5.58. The third kappa shape index (κ3) is 3.06. The summed E-state index contributed by atoms with van der Waals surface area (Å²) in [6, 6.07) is 2.02. The van der Waals surface area contributed by atoms with E-state index in [2.05, 4.69) is 25.9 Å². The van der Waals surface area contributed by atoms with E-state index in [1.54, 1.807) is 6.07 Å². The lowest BCUT2D eigenvalue weighted by atomic mass is 10.1. The van der Waals surface area contributed by atoms with Crippen LogP contribution in [0.4, 0.5) is 5.82 Å². The van der Waals surface area contributed by atoms with Crippen LogP contribution in [0.2, 0.25) is 0 Å². The summed E-state index contributed by atoms with van der Waals surface area (Å²) in [5.74, 6) is 1.09. The Hall–Kier alpha value is -0.840. The molecule has 2 rings (SSSR count). The van der Waals surface area contributed by atoms with Crippen molar-refractivity contribution in [3.8, 4) is 6.01 Å². The summed E-state index contributed by atoms with van der Waals surface area (Å²) < 4.78 is 6.18. The molecule has 1 heterocycles. The number of nitrogen functional groups attached to an aromatic ring is 1. The number of hydrogen-bond donors (Lipinski definition) is 1. The molecule has 0 saturated heterocycles. The van der Waals surface area contributed by atoms with Crippen molar-refractivity contribution in [2.45, 2.75) is 25.7 Å². The molecule has 1 aromatic rings. The van der Waals surface area contributed by atoms with Crippen LogP contribution < -0.4 is 10.5 Å². The first-order valence-corrected chi connectivity index (χ1v) is 5.96. The maximum Gasteiger partial charge on any atom is 0.319 e. The van der Waals surface area contributed by atoms with Gasteiger partial charge in [-0.2, -0.15) is 9.97 Å². The van der Waals surface area contributed by atoms with E-state index in [1.165, 1.54) is 25.7 Å². The summed E-state index contributed by atoms with van der Waals surface area (Å²) in [6.07, 6.45) is 5.14. The number of aromatic nitrogens is 2. The van der Waals surface area contributed by atoms with Gasteiger partial charge in [-0.05, 0) is 34.7 Å². The Morgan fingerprint density at radius 2 is 2.13 bits per heavy atom. The molecule has 1 saturated carbocycles. The number of hydrogen-bond acceptors (Lipinski definition) is 4. The summed E-state index contributed by atoms with van der Waals surface area (Å²) in [6.45, 7) is 0.704. The van der Waals surface area contributed by atoms with Crippen molar-refractivity contribution in [1.82, 2.24) is 9.97 Å². The van der Waals surface area contributed by atoms with E-state index in [9.17, 15) is 0 Å². The smallest absolute Gasteiger partial charge is 0.319 e. The predicted molar refractivity (Wildman–Crippen MR) is 61.6 cm³/mol. The van der Waals surface area contributed by atoms with Gasteiger partial charge in [-0.15, -0.1) is 0 Å². The van der Waals surface area contributed by atoms with Crippen LogP contribution in [0.3, 0.4) is 0 Å². The number of ether oxygens (including phenoxy) is 1. The molecular weight excluding hydrogens is 258 g/mol. The monoisotopic (exact) mass is 271 g/mol. The fourth-order valence-corrected chi connectivity index (χ4v) is 2.23. The van der Waals surface area contributed by atoms with Gasteiger partial charge in [0.2, 0.25) is 0 Å². The zero-order chi connectivity index (χ0) is 10.7. The van der Waals surface area contributed by atoms with Crippen molar-refractivity contribution in [2.75, 3.05) is 12.3 Å². The molecule has 0 radical (unpaired) electrons. The second-order valence-corrected chi connectivity index (χ2v) is 4.67. The molecule has 0 bridgehead atoms. The maximum atomic E-state index is 5.58. The molecule has 0 aliphatic heterocycles. The standard InChI is InChI=1S/C10H14BrN3O/c11-8-5-9(12)14-10(13-8)15-6-7-3-1-2-4-7/h5,7H,1-4,6H2,(H2,12,13,14). The Morgan fingerprint density at radius 1 is 1.40 bits per heavy atom. The van der Waals surface area contributed by atoms with E-state index in [1.807, 2.05) is 0 Å². The Kier molecular flexibility index (Phi) is 3.41. The summed E-state index contributed by atoms with van der Waals surface area (Å²) in [7, 11) is 0. The molecule has 15 heavy (non-hydrogen) atoms. The first kappa shape index (κ1) is 10.7. The van der Waals surface area contributed by atoms with Crippen molar-refractivity contribution in [3.63, 3.8) is 0 Å². The molecule has 0 aromatic carbocycles. The molecular formula is C10H14BrN3O. The van der Waals surface area contributed by atoms with Gasteiger partial charge >= 0.3 is 6.01 Å². The van der Waals surface area contributed by atoms with Crippen LogP contribution in [0.15, 0.2) is 10.7 Å². The fourth-order valence-electron chi connectivity index (χ4n) is 1.85. The van der Waals surface area contributed by atoms with Gasteiger partial charge < -0.3 is 10.5 Å². The van der Waals surface area contributed by atoms with Crippen LogP contribution in [0.5, 0.6) is 6.01 Å². The molecule has 82 valence electrons.